The first-order valence-corrected chi connectivity index (χ1v) is 14.6. The second kappa shape index (κ2) is 13.6. The largest absolute Gasteiger partial charge is 0.435 e. The Kier molecular flexibility index (Phi) is 9.40. The number of benzene rings is 1. The van der Waals surface area contributed by atoms with E-state index in [-0.39, 0.29) is 35.1 Å². The molecule has 4 heterocycles. The van der Waals surface area contributed by atoms with E-state index in [1.807, 2.05) is 19.9 Å². The third-order valence-corrected chi connectivity index (χ3v) is 7.53. The third kappa shape index (κ3) is 6.64. The molecule has 45 heavy (non-hydrogen) atoms. The van der Waals surface area contributed by atoms with E-state index in [2.05, 4.69) is 30.0 Å². The van der Waals surface area contributed by atoms with E-state index in [4.69, 9.17) is 10.7 Å². The van der Waals surface area contributed by atoms with E-state index < -0.39 is 6.61 Å². The van der Waals surface area contributed by atoms with Gasteiger partial charge in [0.05, 0.1) is 23.1 Å². The van der Waals surface area contributed by atoms with Crippen LogP contribution in [-0.4, -0.2) is 70.6 Å². The van der Waals surface area contributed by atoms with Crippen LogP contribution in [0.2, 0.25) is 0 Å². The highest BCUT2D eigenvalue weighted by Gasteiger charge is 2.27. The molecule has 1 atom stereocenters. The van der Waals surface area contributed by atoms with Crippen molar-refractivity contribution in [1.82, 2.24) is 39.7 Å². The number of nitrogens with two attached hydrogens (primary N) is 1. The number of fused-ring (bicyclic) bond motifs is 1. The first kappa shape index (κ1) is 31.2. The van der Waals surface area contributed by atoms with Crippen LogP contribution in [0.15, 0.2) is 55.1 Å². The van der Waals surface area contributed by atoms with Crippen LogP contribution >= 0.6 is 0 Å². The summed E-state index contributed by atoms with van der Waals surface area (Å²) in [4.78, 5) is 41.2. The van der Waals surface area contributed by atoms with Crippen molar-refractivity contribution in [2.24, 2.45) is 0 Å². The summed E-state index contributed by atoms with van der Waals surface area (Å²) in [6.07, 6.45) is 6.97. The van der Waals surface area contributed by atoms with E-state index in [9.17, 15) is 18.4 Å². The van der Waals surface area contributed by atoms with E-state index in [1.165, 1.54) is 29.9 Å². The molecule has 0 unspecified atom stereocenters. The molecule has 5 rings (SSSR count). The smallest absolute Gasteiger partial charge is 0.387 e. The second-order valence-electron chi connectivity index (χ2n) is 10.4. The maximum atomic E-state index is 13.2. The number of ether oxygens (including phenoxy) is 1. The van der Waals surface area contributed by atoms with Crippen LogP contribution in [0.25, 0.3) is 28.0 Å². The maximum Gasteiger partial charge on any atom is 0.387 e. The van der Waals surface area contributed by atoms with Gasteiger partial charge in [0.25, 0.3) is 5.91 Å². The number of amides is 1. The number of carbonyl (C=O) groups excluding carboxylic acids is 2. The number of rotatable bonds is 13. The highest BCUT2D eigenvalue weighted by atomic mass is 19.3. The SMILES string of the molecule is CCCN(C(=O)c1ncn[nH]1)[C@H](CC)CCc1nc2c(-c3ccc(-c4ccc(OC(F)F)cc4)nc3)cnn2c(N)c1C(C)=O. The number of anilines is 1. The molecule has 0 saturated heterocycles. The highest BCUT2D eigenvalue weighted by Crippen LogP contribution is 2.30. The number of nitrogens with one attached hydrogen (secondary N) is 1. The normalized spacial score (nSPS) is 12.0. The highest BCUT2D eigenvalue weighted by molar-refractivity contribution is 6.00. The minimum absolute atomic E-state index is 0.0610. The topological polar surface area (TPSA) is 157 Å². The Bertz CT molecular complexity index is 1770. The molecule has 0 radical (unpaired) electrons. The number of ketones is 1. The molecule has 0 bridgehead atoms. The number of nitrogen functional groups attached to an aromatic ring is 1. The number of aromatic amines is 1. The van der Waals surface area contributed by atoms with Gasteiger partial charge in [-0.1, -0.05) is 19.9 Å². The number of Topliss-reactive ketones (excluding diaryl/α,β-unsaturated/α-hetero) is 1. The number of aryl methyl sites for hydroxylation is 1. The van der Waals surface area contributed by atoms with E-state index in [0.717, 1.165) is 17.5 Å². The number of hydrogen-bond donors (Lipinski definition) is 2. The molecule has 0 fully saturated rings. The zero-order valence-corrected chi connectivity index (χ0v) is 25.1. The Morgan fingerprint density at radius 3 is 2.42 bits per heavy atom. The van der Waals surface area contributed by atoms with Crippen LogP contribution in [0.4, 0.5) is 14.6 Å². The lowest BCUT2D eigenvalue weighted by Crippen LogP contribution is -2.41. The van der Waals surface area contributed by atoms with Crippen LogP contribution in [0, 0.1) is 0 Å². The summed E-state index contributed by atoms with van der Waals surface area (Å²) < 4.78 is 30.8. The lowest BCUT2D eigenvalue weighted by Gasteiger charge is -2.30. The number of H-pyrrole nitrogens is 1. The fraction of sp³-hybridized carbons (Fsp3) is 0.323. The molecule has 12 nitrogen and oxygen atoms in total. The van der Waals surface area contributed by atoms with Gasteiger partial charge in [-0.25, -0.2) is 9.97 Å². The first-order chi connectivity index (χ1) is 21.7. The monoisotopic (exact) mass is 617 g/mol. The minimum atomic E-state index is -2.90. The number of pyridine rings is 1. The number of halogens is 2. The van der Waals surface area contributed by atoms with Crippen molar-refractivity contribution in [2.75, 3.05) is 12.3 Å². The van der Waals surface area contributed by atoms with Gasteiger partial charge < -0.3 is 15.4 Å². The molecule has 0 aliphatic rings. The molecule has 4 aromatic heterocycles. The minimum Gasteiger partial charge on any atom is -0.435 e. The Balaban J connectivity index is 1.44. The number of alkyl halides is 2. The lowest BCUT2D eigenvalue weighted by molar-refractivity contribution is -0.0498. The summed E-state index contributed by atoms with van der Waals surface area (Å²) in [5, 5.41) is 10.9. The Morgan fingerprint density at radius 2 is 1.82 bits per heavy atom. The molecule has 3 N–H and O–H groups in total. The van der Waals surface area contributed by atoms with Gasteiger partial charge in [0, 0.05) is 35.5 Å². The maximum absolute atomic E-state index is 13.2. The van der Waals surface area contributed by atoms with Crippen molar-refractivity contribution >= 4 is 23.2 Å². The van der Waals surface area contributed by atoms with E-state index >= 15 is 0 Å². The van der Waals surface area contributed by atoms with Crippen LogP contribution in [0.1, 0.15) is 66.7 Å². The zero-order valence-electron chi connectivity index (χ0n) is 25.1. The quantitative estimate of drug-likeness (QED) is 0.169. The summed E-state index contributed by atoms with van der Waals surface area (Å²) >= 11 is 0. The van der Waals surface area contributed by atoms with Gasteiger partial charge in [-0.2, -0.15) is 23.5 Å². The average molecular weight is 618 g/mol. The molecule has 1 amide bonds. The van der Waals surface area contributed by atoms with Gasteiger partial charge in [0.15, 0.2) is 11.4 Å². The van der Waals surface area contributed by atoms with E-state index in [1.54, 1.807) is 35.5 Å². The average Bonchev–Trinajstić information content (AvgIpc) is 3.72. The standard InChI is InChI=1S/C31H33F2N9O3/c1-4-14-41(30(44)28-36-17-37-40-28)21(5-2)9-13-25-26(18(3)43)27(34)42-29(39-25)23(16-38-42)20-8-12-24(35-15-20)19-6-10-22(11-7-19)45-31(32)33/h6-8,10-12,15-17,21,31H,4-5,9,13-14,34H2,1-3H3,(H,36,37,40)/t21-/m1/s1. The van der Waals surface area contributed by atoms with Gasteiger partial charge in [0.1, 0.15) is 17.9 Å². The van der Waals surface area contributed by atoms with Crippen molar-refractivity contribution in [3.63, 3.8) is 0 Å². The van der Waals surface area contributed by atoms with Crippen molar-refractivity contribution in [2.45, 2.75) is 59.1 Å². The molecule has 1 aromatic carbocycles. The van der Waals surface area contributed by atoms with Gasteiger partial charge in [0.2, 0.25) is 5.82 Å². The number of nitrogens with zero attached hydrogens (tertiary/aromatic N) is 7. The molecule has 5 aromatic rings. The molecule has 14 heteroatoms. The molecular formula is C31H33F2N9O3. The zero-order chi connectivity index (χ0) is 32.1. The van der Waals surface area contributed by atoms with Crippen molar-refractivity contribution in [3.8, 4) is 28.1 Å². The summed E-state index contributed by atoms with van der Waals surface area (Å²) in [7, 11) is 0. The molecule has 0 aliphatic carbocycles. The molecule has 0 saturated carbocycles. The van der Waals surface area contributed by atoms with Gasteiger partial charge >= 0.3 is 6.61 Å². The van der Waals surface area contributed by atoms with Crippen LogP contribution in [0.3, 0.4) is 0 Å². The molecule has 234 valence electrons. The molecule has 0 spiro atoms. The Labute approximate surface area is 257 Å². The predicted molar refractivity (Wildman–Crippen MR) is 163 cm³/mol. The van der Waals surface area contributed by atoms with Gasteiger partial charge in [-0.15, -0.1) is 0 Å². The Hall–Kier alpha value is -5.27. The van der Waals surface area contributed by atoms with Crippen molar-refractivity contribution < 1.29 is 23.1 Å². The van der Waals surface area contributed by atoms with Gasteiger partial charge in [-0.05, 0) is 62.9 Å². The van der Waals surface area contributed by atoms with Crippen LogP contribution < -0.4 is 10.5 Å². The Morgan fingerprint density at radius 1 is 1.07 bits per heavy atom. The van der Waals surface area contributed by atoms with Gasteiger partial charge in [-0.3, -0.25) is 19.7 Å². The van der Waals surface area contributed by atoms with Crippen LogP contribution in [0.5, 0.6) is 5.75 Å². The predicted octanol–water partition coefficient (Wildman–Crippen LogP) is 5.23. The summed E-state index contributed by atoms with van der Waals surface area (Å²) in [5.41, 5.74) is 10.5. The lowest BCUT2D eigenvalue weighted by atomic mass is 10.0. The number of carbonyl (C=O) groups is 2. The fourth-order valence-electron chi connectivity index (χ4n) is 5.38. The second-order valence-corrected chi connectivity index (χ2v) is 10.4. The van der Waals surface area contributed by atoms with Crippen molar-refractivity contribution in [1.29, 1.82) is 0 Å². The first-order valence-electron chi connectivity index (χ1n) is 14.6. The number of aromatic nitrogens is 7. The summed E-state index contributed by atoms with van der Waals surface area (Å²) in [6.45, 7) is 3.09. The summed E-state index contributed by atoms with van der Waals surface area (Å²) in [6, 6.07) is 9.72. The summed E-state index contributed by atoms with van der Waals surface area (Å²) in [5.74, 6) is -0.0496. The van der Waals surface area contributed by atoms with Crippen molar-refractivity contribution in [3.05, 3.63) is 72.2 Å². The molecular weight excluding hydrogens is 584 g/mol. The van der Waals surface area contributed by atoms with Crippen LogP contribution in [-0.2, 0) is 6.42 Å². The molecule has 0 aliphatic heterocycles. The fourth-order valence-corrected chi connectivity index (χ4v) is 5.38. The third-order valence-electron chi connectivity index (χ3n) is 7.53. The van der Waals surface area contributed by atoms with E-state index in [0.29, 0.717) is 54.0 Å². The number of hydrogen-bond acceptors (Lipinski definition) is 9.